The summed E-state index contributed by atoms with van der Waals surface area (Å²) >= 11 is 3.41. The van der Waals surface area contributed by atoms with Gasteiger partial charge in [-0.1, -0.05) is 22.0 Å². The molecule has 0 unspecified atom stereocenters. The van der Waals surface area contributed by atoms with E-state index >= 15 is 0 Å². The maximum absolute atomic E-state index is 12.1. The number of allylic oxidation sites excluding steroid dienone is 2. The number of anilines is 1. The molecule has 0 atom stereocenters. The fraction of sp³-hybridized carbons (Fsp3) is 0.118. The molecule has 3 nitrogen and oxygen atoms in total. The number of ketones is 1. The molecule has 0 amide bonds. The first-order valence-electron chi connectivity index (χ1n) is 6.48. The molecular formula is C17H16BrNO2. The van der Waals surface area contributed by atoms with Crippen LogP contribution in [0, 0.1) is 0 Å². The lowest BCUT2D eigenvalue weighted by atomic mass is 10.1. The van der Waals surface area contributed by atoms with Gasteiger partial charge in [-0.3, -0.25) is 4.79 Å². The van der Waals surface area contributed by atoms with Crippen LogP contribution in [-0.2, 0) is 0 Å². The van der Waals surface area contributed by atoms with Crippen LogP contribution in [0.1, 0.15) is 17.3 Å². The van der Waals surface area contributed by atoms with Crippen LogP contribution in [0.4, 0.5) is 5.69 Å². The van der Waals surface area contributed by atoms with Crippen molar-refractivity contribution in [2.45, 2.75) is 6.92 Å². The lowest BCUT2D eigenvalue weighted by Crippen LogP contribution is -2.01. The molecule has 0 radical (unpaired) electrons. The Balaban J connectivity index is 2.08. The molecule has 2 aromatic rings. The molecular weight excluding hydrogens is 330 g/mol. The molecule has 4 heteroatoms. The standard InChI is InChI=1S/C17H16BrNO2/c1-12(19-15-5-3-4-14(18)11-15)10-17(20)13-6-8-16(21-2)9-7-13/h3-11,19H,1-2H3/b12-10+. The molecule has 1 N–H and O–H groups in total. The van der Waals surface area contributed by atoms with Crippen molar-refractivity contribution in [2.24, 2.45) is 0 Å². The van der Waals surface area contributed by atoms with Gasteiger partial charge in [0.15, 0.2) is 5.78 Å². The van der Waals surface area contributed by atoms with E-state index in [9.17, 15) is 4.79 Å². The summed E-state index contributed by atoms with van der Waals surface area (Å²) in [5, 5.41) is 3.19. The predicted octanol–water partition coefficient (Wildman–Crippen LogP) is 4.66. The Kier molecular flexibility index (Phi) is 5.17. The Morgan fingerprint density at radius 2 is 1.90 bits per heavy atom. The topological polar surface area (TPSA) is 38.3 Å². The van der Waals surface area contributed by atoms with Crippen LogP contribution < -0.4 is 10.1 Å². The van der Waals surface area contributed by atoms with Gasteiger partial charge < -0.3 is 10.1 Å². The Morgan fingerprint density at radius 1 is 1.19 bits per heavy atom. The van der Waals surface area contributed by atoms with Crippen LogP contribution in [0.2, 0.25) is 0 Å². The van der Waals surface area contributed by atoms with Crippen molar-refractivity contribution in [3.63, 3.8) is 0 Å². The molecule has 0 aliphatic carbocycles. The van der Waals surface area contributed by atoms with Crippen molar-refractivity contribution in [2.75, 3.05) is 12.4 Å². The largest absolute Gasteiger partial charge is 0.497 e. The maximum Gasteiger partial charge on any atom is 0.187 e. The molecule has 108 valence electrons. The number of carbonyl (C=O) groups is 1. The summed E-state index contributed by atoms with van der Waals surface area (Å²) in [6.45, 7) is 1.86. The first kappa shape index (κ1) is 15.3. The zero-order valence-electron chi connectivity index (χ0n) is 11.9. The van der Waals surface area contributed by atoms with E-state index in [4.69, 9.17) is 4.74 Å². The van der Waals surface area contributed by atoms with Crippen molar-refractivity contribution in [1.82, 2.24) is 0 Å². The molecule has 0 fully saturated rings. The number of nitrogens with one attached hydrogen (secondary N) is 1. The molecule has 0 heterocycles. The fourth-order valence-corrected chi connectivity index (χ4v) is 2.26. The van der Waals surface area contributed by atoms with Gasteiger partial charge >= 0.3 is 0 Å². The van der Waals surface area contributed by atoms with Crippen LogP contribution in [0.15, 0.2) is 64.8 Å². The summed E-state index contributed by atoms with van der Waals surface area (Å²) in [6.07, 6.45) is 1.59. The fourth-order valence-electron chi connectivity index (χ4n) is 1.87. The quantitative estimate of drug-likeness (QED) is 0.632. The Morgan fingerprint density at radius 3 is 2.52 bits per heavy atom. The van der Waals surface area contributed by atoms with E-state index in [-0.39, 0.29) is 5.78 Å². The van der Waals surface area contributed by atoms with Crippen molar-refractivity contribution in [3.8, 4) is 5.75 Å². The maximum atomic E-state index is 12.1. The number of hydrogen-bond acceptors (Lipinski definition) is 3. The first-order valence-corrected chi connectivity index (χ1v) is 7.27. The Hall–Kier alpha value is -2.07. The van der Waals surface area contributed by atoms with Gasteiger partial charge in [0.1, 0.15) is 5.75 Å². The number of halogens is 1. The second-order valence-electron chi connectivity index (χ2n) is 4.56. The second kappa shape index (κ2) is 7.09. The average Bonchev–Trinajstić information content (AvgIpc) is 2.47. The number of hydrogen-bond donors (Lipinski definition) is 1. The van der Waals surface area contributed by atoms with Crippen molar-refractivity contribution >= 4 is 27.4 Å². The lowest BCUT2D eigenvalue weighted by Gasteiger charge is -2.07. The summed E-state index contributed by atoms with van der Waals surface area (Å²) in [6, 6.07) is 14.8. The molecule has 0 saturated heterocycles. The predicted molar refractivity (Wildman–Crippen MR) is 88.8 cm³/mol. The van der Waals surface area contributed by atoms with E-state index in [1.165, 1.54) is 0 Å². The molecule has 0 bridgehead atoms. The van der Waals surface area contributed by atoms with Crippen LogP contribution in [0.25, 0.3) is 0 Å². The van der Waals surface area contributed by atoms with E-state index in [0.29, 0.717) is 5.56 Å². The van der Waals surface area contributed by atoms with Crippen LogP contribution in [-0.4, -0.2) is 12.9 Å². The van der Waals surface area contributed by atoms with Crippen LogP contribution in [0.5, 0.6) is 5.75 Å². The van der Waals surface area contributed by atoms with E-state index in [0.717, 1.165) is 21.6 Å². The van der Waals surface area contributed by atoms with E-state index in [2.05, 4.69) is 21.2 Å². The summed E-state index contributed by atoms with van der Waals surface area (Å²) < 4.78 is 6.06. The number of ether oxygens (including phenoxy) is 1. The molecule has 0 aliphatic rings. The molecule has 21 heavy (non-hydrogen) atoms. The minimum atomic E-state index is -0.0438. The number of methoxy groups -OCH3 is 1. The molecule has 0 aliphatic heterocycles. The molecule has 0 saturated carbocycles. The number of benzene rings is 2. The number of carbonyl (C=O) groups excluding carboxylic acids is 1. The van der Waals surface area contributed by atoms with Gasteiger partial charge in [-0.15, -0.1) is 0 Å². The van der Waals surface area contributed by atoms with Gasteiger partial charge in [0.05, 0.1) is 7.11 Å². The highest BCUT2D eigenvalue weighted by Gasteiger charge is 2.04. The van der Waals surface area contributed by atoms with E-state index in [1.807, 2.05) is 31.2 Å². The smallest absolute Gasteiger partial charge is 0.187 e. The molecule has 2 aromatic carbocycles. The normalized spacial score (nSPS) is 11.1. The van der Waals surface area contributed by atoms with E-state index in [1.54, 1.807) is 37.5 Å². The monoisotopic (exact) mass is 345 g/mol. The van der Waals surface area contributed by atoms with Crippen molar-refractivity contribution in [3.05, 3.63) is 70.3 Å². The van der Waals surface area contributed by atoms with Gasteiger partial charge in [0.25, 0.3) is 0 Å². The molecule has 2 rings (SSSR count). The van der Waals surface area contributed by atoms with Gasteiger partial charge in [0.2, 0.25) is 0 Å². The number of rotatable bonds is 5. The first-order chi connectivity index (χ1) is 10.1. The van der Waals surface area contributed by atoms with Gasteiger partial charge in [-0.05, 0) is 49.4 Å². The molecule has 0 aromatic heterocycles. The zero-order chi connectivity index (χ0) is 15.2. The minimum Gasteiger partial charge on any atom is -0.497 e. The highest BCUT2D eigenvalue weighted by molar-refractivity contribution is 9.10. The molecule has 0 spiro atoms. The average molecular weight is 346 g/mol. The highest BCUT2D eigenvalue weighted by atomic mass is 79.9. The zero-order valence-corrected chi connectivity index (χ0v) is 13.5. The van der Waals surface area contributed by atoms with Crippen LogP contribution in [0.3, 0.4) is 0 Å². The Labute approximate surface area is 132 Å². The van der Waals surface area contributed by atoms with Crippen LogP contribution >= 0.6 is 15.9 Å². The SMILES string of the molecule is COc1ccc(C(=O)/C=C(\C)Nc2cccc(Br)c2)cc1. The third-order valence-corrected chi connectivity index (χ3v) is 3.38. The second-order valence-corrected chi connectivity index (χ2v) is 5.47. The summed E-state index contributed by atoms with van der Waals surface area (Å²) in [5.41, 5.74) is 2.35. The summed E-state index contributed by atoms with van der Waals surface area (Å²) in [4.78, 5) is 12.1. The van der Waals surface area contributed by atoms with E-state index < -0.39 is 0 Å². The van der Waals surface area contributed by atoms with Gasteiger partial charge in [0, 0.05) is 27.5 Å². The minimum absolute atomic E-state index is 0.0438. The summed E-state index contributed by atoms with van der Waals surface area (Å²) in [7, 11) is 1.60. The van der Waals surface area contributed by atoms with Gasteiger partial charge in [-0.2, -0.15) is 0 Å². The lowest BCUT2D eigenvalue weighted by molar-refractivity contribution is 0.104. The van der Waals surface area contributed by atoms with Crippen molar-refractivity contribution in [1.29, 1.82) is 0 Å². The third kappa shape index (κ3) is 4.46. The van der Waals surface area contributed by atoms with Gasteiger partial charge in [-0.25, -0.2) is 0 Å². The van der Waals surface area contributed by atoms with Crippen molar-refractivity contribution < 1.29 is 9.53 Å². The Bertz CT molecular complexity index is 663. The highest BCUT2D eigenvalue weighted by Crippen LogP contribution is 2.17. The third-order valence-electron chi connectivity index (χ3n) is 2.89. The summed E-state index contributed by atoms with van der Waals surface area (Å²) in [5.74, 6) is 0.692.